The van der Waals surface area contributed by atoms with E-state index < -0.39 is 36.1 Å². The molecule has 0 spiro atoms. The van der Waals surface area contributed by atoms with Gasteiger partial charge in [0.05, 0.1) is 16.9 Å². The van der Waals surface area contributed by atoms with Gasteiger partial charge < -0.3 is 15.2 Å². The van der Waals surface area contributed by atoms with Gasteiger partial charge >= 0.3 is 12.1 Å². The fraction of sp³-hybridized carbons (Fsp3) is 0.182. The molecule has 1 aliphatic heterocycles. The zero-order chi connectivity index (χ0) is 24.9. The van der Waals surface area contributed by atoms with Crippen molar-refractivity contribution in [3.8, 4) is 5.75 Å². The predicted molar refractivity (Wildman–Crippen MR) is 124 cm³/mol. The second-order valence-corrected chi connectivity index (χ2v) is 8.64. The average Bonchev–Trinajstić information content (AvgIpc) is 3.03. The fourth-order valence-electron chi connectivity index (χ4n) is 2.86. The third kappa shape index (κ3) is 6.81. The summed E-state index contributed by atoms with van der Waals surface area (Å²) in [6.45, 7) is -0.474. The molecule has 2 aromatic carbocycles. The number of thiocarbonyl (C=S) groups is 1. The number of benzene rings is 2. The maximum Gasteiger partial charge on any atom is 0.416 e. The number of hydrogen-bond donors (Lipinski definition) is 2. The largest absolute Gasteiger partial charge is 0.484 e. The fourth-order valence-corrected chi connectivity index (χ4v) is 4.17. The summed E-state index contributed by atoms with van der Waals surface area (Å²) in [7, 11) is 0. The molecule has 2 amide bonds. The first kappa shape index (κ1) is 25.2. The van der Waals surface area contributed by atoms with Gasteiger partial charge in [0, 0.05) is 12.2 Å². The molecule has 1 saturated heterocycles. The number of ether oxygens (including phenoxy) is 1. The first-order valence-corrected chi connectivity index (χ1v) is 10.9. The van der Waals surface area contributed by atoms with Gasteiger partial charge in [-0.25, -0.2) is 0 Å². The van der Waals surface area contributed by atoms with Gasteiger partial charge in [0.2, 0.25) is 0 Å². The first-order valence-electron chi connectivity index (χ1n) is 9.70. The second-order valence-electron chi connectivity index (χ2n) is 6.96. The third-order valence-corrected chi connectivity index (χ3v) is 5.80. The van der Waals surface area contributed by atoms with Gasteiger partial charge in [0.15, 0.2) is 6.61 Å². The molecule has 0 aromatic heterocycles. The minimum atomic E-state index is -4.53. The number of halogens is 3. The Morgan fingerprint density at radius 3 is 2.62 bits per heavy atom. The van der Waals surface area contributed by atoms with Crippen LogP contribution in [0.4, 0.5) is 18.9 Å². The van der Waals surface area contributed by atoms with E-state index in [-0.39, 0.29) is 23.0 Å². The van der Waals surface area contributed by atoms with Crippen LogP contribution in [-0.4, -0.2) is 45.3 Å². The van der Waals surface area contributed by atoms with Crippen molar-refractivity contribution >= 4 is 57.8 Å². The van der Waals surface area contributed by atoms with Crippen LogP contribution in [0.5, 0.6) is 5.75 Å². The van der Waals surface area contributed by atoms with E-state index >= 15 is 0 Å². The highest BCUT2D eigenvalue weighted by atomic mass is 32.2. The number of rotatable bonds is 8. The third-order valence-electron chi connectivity index (χ3n) is 4.42. The summed E-state index contributed by atoms with van der Waals surface area (Å²) < 4.78 is 44.1. The number of amides is 2. The number of hydrogen-bond acceptors (Lipinski definition) is 6. The number of carbonyl (C=O) groups excluding carboxylic acids is 2. The van der Waals surface area contributed by atoms with E-state index in [4.69, 9.17) is 22.1 Å². The van der Waals surface area contributed by atoms with Crippen molar-refractivity contribution < 1.29 is 37.4 Å². The van der Waals surface area contributed by atoms with Crippen LogP contribution in [0.1, 0.15) is 17.5 Å². The molecule has 1 fully saturated rings. The molecule has 0 radical (unpaired) electrons. The van der Waals surface area contributed by atoms with Crippen molar-refractivity contribution in [1.29, 1.82) is 0 Å². The van der Waals surface area contributed by atoms with Crippen LogP contribution >= 0.6 is 24.0 Å². The minimum Gasteiger partial charge on any atom is -0.484 e. The lowest BCUT2D eigenvalue weighted by Crippen LogP contribution is -2.30. The second kappa shape index (κ2) is 10.7. The highest BCUT2D eigenvalue weighted by Crippen LogP contribution is 2.33. The van der Waals surface area contributed by atoms with Crippen molar-refractivity contribution in [2.75, 3.05) is 18.5 Å². The van der Waals surface area contributed by atoms with Crippen LogP contribution in [0, 0.1) is 0 Å². The highest BCUT2D eigenvalue weighted by Gasteiger charge is 2.32. The summed E-state index contributed by atoms with van der Waals surface area (Å²) in [5.74, 6) is -1.79. The Balaban J connectivity index is 1.61. The topological polar surface area (TPSA) is 95.9 Å². The van der Waals surface area contributed by atoms with Gasteiger partial charge in [-0.05, 0) is 42.0 Å². The summed E-state index contributed by atoms with van der Waals surface area (Å²) in [4.78, 5) is 36.9. The van der Waals surface area contributed by atoms with Gasteiger partial charge in [0.1, 0.15) is 10.1 Å². The van der Waals surface area contributed by atoms with Gasteiger partial charge in [-0.3, -0.25) is 19.3 Å². The first-order chi connectivity index (χ1) is 16.0. The Hall–Kier alpha value is -3.38. The molecule has 0 unspecified atom stereocenters. The molecule has 0 saturated carbocycles. The van der Waals surface area contributed by atoms with Crippen LogP contribution in [0.2, 0.25) is 0 Å². The maximum absolute atomic E-state index is 12.8. The zero-order valence-corrected chi connectivity index (χ0v) is 18.9. The lowest BCUT2D eigenvalue weighted by Gasteiger charge is -2.12. The number of carboxylic acid groups (broad SMARTS) is 1. The highest BCUT2D eigenvalue weighted by molar-refractivity contribution is 8.26. The predicted octanol–water partition coefficient (Wildman–Crippen LogP) is 4.40. The normalized spacial score (nSPS) is 15.0. The number of carbonyl (C=O) groups is 3. The van der Waals surface area contributed by atoms with Crippen LogP contribution < -0.4 is 10.1 Å². The van der Waals surface area contributed by atoms with Crippen molar-refractivity contribution in [2.24, 2.45) is 0 Å². The Morgan fingerprint density at radius 2 is 1.91 bits per heavy atom. The average molecular weight is 511 g/mol. The molecule has 1 aliphatic rings. The lowest BCUT2D eigenvalue weighted by molar-refractivity contribution is -0.138. The van der Waals surface area contributed by atoms with Gasteiger partial charge in [-0.2, -0.15) is 13.2 Å². The molecule has 2 aromatic rings. The van der Waals surface area contributed by atoms with Crippen LogP contribution in [0.25, 0.3) is 6.08 Å². The Morgan fingerprint density at radius 1 is 1.18 bits per heavy atom. The molecule has 3 rings (SSSR count). The van der Waals surface area contributed by atoms with Crippen LogP contribution in [-0.2, 0) is 20.6 Å². The van der Waals surface area contributed by atoms with Crippen LogP contribution in [0.15, 0.2) is 53.4 Å². The molecule has 12 heteroatoms. The SMILES string of the molecule is O=C(O)CCN1C(=O)/C(=C/c2cccc(OCC(=O)Nc3cccc(C(F)(F)F)c3)c2)SC1=S. The van der Waals surface area contributed by atoms with Gasteiger partial charge in [0.25, 0.3) is 11.8 Å². The van der Waals surface area contributed by atoms with Crippen molar-refractivity contribution in [1.82, 2.24) is 4.90 Å². The number of aliphatic carboxylic acids is 1. The van der Waals surface area contributed by atoms with Crippen LogP contribution in [0.3, 0.4) is 0 Å². The Labute approximate surface area is 201 Å². The van der Waals surface area contributed by atoms with E-state index in [1.165, 1.54) is 17.0 Å². The molecular formula is C22H17F3N2O5S2. The summed E-state index contributed by atoms with van der Waals surface area (Å²) in [6.07, 6.45) is -3.19. The maximum atomic E-state index is 12.8. The molecule has 178 valence electrons. The van der Waals surface area contributed by atoms with Gasteiger partial charge in [-0.15, -0.1) is 0 Å². The Bertz CT molecular complexity index is 1170. The summed E-state index contributed by atoms with van der Waals surface area (Å²) in [5.41, 5.74) is -0.316. The zero-order valence-electron chi connectivity index (χ0n) is 17.3. The van der Waals surface area contributed by atoms with E-state index in [0.717, 1.165) is 23.9 Å². The van der Waals surface area contributed by atoms with E-state index in [2.05, 4.69) is 5.32 Å². The molecule has 1 heterocycles. The van der Waals surface area contributed by atoms with E-state index in [1.54, 1.807) is 30.3 Å². The monoisotopic (exact) mass is 510 g/mol. The van der Waals surface area contributed by atoms with E-state index in [1.807, 2.05) is 0 Å². The standard InChI is InChI=1S/C22H17F3N2O5S2/c23-22(24,25)14-4-2-5-15(11-14)26-18(28)12-32-16-6-1-3-13(9-16)10-17-20(31)27(21(33)34-17)8-7-19(29)30/h1-6,9-11H,7-8,12H2,(H,26,28)(H,29,30)/b17-10-. The lowest BCUT2D eigenvalue weighted by atomic mass is 10.2. The quantitative estimate of drug-likeness (QED) is 0.402. The molecule has 0 bridgehead atoms. The molecular weight excluding hydrogens is 493 g/mol. The molecule has 2 N–H and O–H groups in total. The van der Waals surface area contributed by atoms with E-state index in [9.17, 15) is 27.6 Å². The number of nitrogens with one attached hydrogen (secondary N) is 1. The van der Waals surface area contributed by atoms with Crippen molar-refractivity contribution in [3.63, 3.8) is 0 Å². The van der Waals surface area contributed by atoms with E-state index in [0.29, 0.717) is 16.2 Å². The minimum absolute atomic E-state index is 0.0119. The molecule has 34 heavy (non-hydrogen) atoms. The molecule has 7 nitrogen and oxygen atoms in total. The smallest absolute Gasteiger partial charge is 0.416 e. The molecule has 0 aliphatic carbocycles. The number of anilines is 1. The number of nitrogens with zero attached hydrogens (tertiary/aromatic N) is 1. The molecule has 0 atom stereocenters. The van der Waals surface area contributed by atoms with Gasteiger partial charge in [-0.1, -0.05) is 42.2 Å². The van der Waals surface area contributed by atoms with Crippen molar-refractivity contribution in [2.45, 2.75) is 12.6 Å². The number of thioether (sulfide) groups is 1. The summed E-state index contributed by atoms with van der Waals surface area (Å²) in [6, 6.07) is 10.7. The number of carboxylic acids is 1. The summed E-state index contributed by atoms with van der Waals surface area (Å²) >= 11 is 6.19. The Kier molecular flexibility index (Phi) is 7.94. The van der Waals surface area contributed by atoms with Crippen molar-refractivity contribution in [3.05, 3.63) is 64.6 Å². The number of alkyl halides is 3. The summed E-state index contributed by atoms with van der Waals surface area (Å²) in [5, 5.41) is 11.2.